The Bertz CT molecular complexity index is 549. The minimum atomic E-state index is -0.279. The summed E-state index contributed by atoms with van der Waals surface area (Å²) in [4.78, 5) is 1.26. The molecule has 0 saturated heterocycles. The van der Waals surface area contributed by atoms with Crippen LogP contribution < -0.4 is 0 Å². The molecule has 0 nitrogen and oxygen atoms in total. The molecule has 0 unspecified atom stereocenters. The second-order valence-corrected chi connectivity index (χ2v) is 7.35. The quantitative estimate of drug-likeness (QED) is 0.532. The van der Waals surface area contributed by atoms with E-state index in [1.54, 1.807) is 11.3 Å². The average Bonchev–Trinajstić information content (AvgIpc) is 2.81. The van der Waals surface area contributed by atoms with Gasteiger partial charge in [0.1, 0.15) is 0 Å². The number of thiophene rings is 1. The fourth-order valence-corrected chi connectivity index (χ4v) is 4.55. The second kappa shape index (κ2) is 6.82. The van der Waals surface area contributed by atoms with Crippen LogP contribution in [0, 0.1) is 0 Å². The summed E-state index contributed by atoms with van der Waals surface area (Å²) in [5.41, 5.74) is 0.813. The number of halogens is 4. The lowest BCUT2D eigenvalue weighted by Crippen LogP contribution is -2.33. The molecule has 0 aliphatic rings. The molecule has 1 aromatic carbocycles. The monoisotopic (exact) mass is 396 g/mol. The van der Waals surface area contributed by atoms with E-state index in [4.69, 9.17) is 34.8 Å². The third-order valence-electron chi connectivity index (χ3n) is 3.08. The number of benzene rings is 1. The first kappa shape index (κ1) is 15.7. The highest BCUT2D eigenvalue weighted by Crippen LogP contribution is 2.35. The van der Waals surface area contributed by atoms with E-state index in [1.807, 2.05) is 24.3 Å². The topological polar surface area (TPSA) is 0 Å². The molecule has 1 aromatic heterocycles. The van der Waals surface area contributed by atoms with E-state index >= 15 is 0 Å². The van der Waals surface area contributed by atoms with Gasteiger partial charge >= 0.3 is 0 Å². The molecule has 5 heteroatoms. The third kappa shape index (κ3) is 3.68. The van der Waals surface area contributed by atoms with E-state index in [2.05, 4.69) is 27.4 Å². The first-order valence-corrected chi connectivity index (χ1v) is 8.82. The molecular formula is C14H12BrCl3S. The molecule has 2 aromatic rings. The zero-order valence-corrected chi connectivity index (χ0v) is 14.7. The Hall–Kier alpha value is 0.270. The molecule has 0 saturated carbocycles. The van der Waals surface area contributed by atoms with Crippen LogP contribution in [0.15, 0.2) is 40.2 Å². The molecule has 0 aliphatic carbocycles. The lowest BCUT2D eigenvalue weighted by molar-refractivity contribution is 0.541. The molecular weight excluding hydrogens is 386 g/mol. The summed E-state index contributed by atoms with van der Waals surface area (Å²) in [5.74, 6) is 0.929. The first-order chi connectivity index (χ1) is 9.09. The van der Waals surface area contributed by atoms with Gasteiger partial charge in [-0.3, -0.25) is 0 Å². The van der Waals surface area contributed by atoms with Crippen molar-refractivity contribution >= 4 is 62.1 Å². The summed E-state index contributed by atoms with van der Waals surface area (Å²) in [6.07, 6.45) is 0.816. The van der Waals surface area contributed by atoms with E-state index < -0.39 is 0 Å². The van der Waals surface area contributed by atoms with Gasteiger partial charge in [0.25, 0.3) is 0 Å². The fraction of sp³-hybridized carbons (Fsp3) is 0.286. The van der Waals surface area contributed by atoms with E-state index in [-0.39, 0.29) is 5.41 Å². The molecule has 0 bridgehead atoms. The summed E-state index contributed by atoms with van der Waals surface area (Å²) in [6, 6.07) is 9.91. The Kier molecular flexibility index (Phi) is 5.62. The maximum absolute atomic E-state index is 6.23. The van der Waals surface area contributed by atoms with E-state index in [9.17, 15) is 0 Å². The summed E-state index contributed by atoms with van der Waals surface area (Å²) < 4.78 is 1.09. The Labute approximate surface area is 140 Å². The number of hydrogen-bond donors (Lipinski definition) is 0. The molecule has 0 aliphatic heterocycles. The molecule has 0 fully saturated rings. The first-order valence-electron chi connectivity index (χ1n) is 5.70. The van der Waals surface area contributed by atoms with Gasteiger partial charge in [0, 0.05) is 36.9 Å². The fourth-order valence-electron chi connectivity index (χ4n) is 1.98. The maximum Gasteiger partial charge on any atom is 0.0408 e. The van der Waals surface area contributed by atoms with Crippen molar-refractivity contribution in [2.24, 2.45) is 0 Å². The number of hydrogen-bond acceptors (Lipinski definition) is 1. The Balaban J connectivity index is 2.37. The maximum atomic E-state index is 6.23. The van der Waals surface area contributed by atoms with Crippen molar-refractivity contribution in [2.75, 3.05) is 11.8 Å². The van der Waals surface area contributed by atoms with Gasteiger partial charge in [-0.15, -0.1) is 34.5 Å². The normalized spacial score (nSPS) is 11.8. The van der Waals surface area contributed by atoms with Crippen LogP contribution in [0.3, 0.4) is 0 Å². The highest BCUT2D eigenvalue weighted by molar-refractivity contribution is 9.10. The molecule has 0 spiro atoms. The zero-order valence-electron chi connectivity index (χ0n) is 10.0. The highest BCUT2D eigenvalue weighted by atomic mass is 79.9. The zero-order chi connectivity index (χ0) is 13.9. The van der Waals surface area contributed by atoms with Gasteiger partial charge in [-0.1, -0.05) is 23.7 Å². The van der Waals surface area contributed by atoms with Crippen LogP contribution in [0.2, 0.25) is 5.02 Å². The smallest absolute Gasteiger partial charge is 0.0408 e. The van der Waals surface area contributed by atoms with Gasteiger partial charge in [-0.25, -0.2) is 0 Å². The van der Waals surface area contributed by atoms with E-state index in [1.165, 1.54) is 4.88 Å². The molecule has 1 heterocycles. The van der Waals surface area contributed by atoms with Crippen LogP contribution in [-0.4, -0.2) is 11.8 Å². The molecule has 0 radical (unpaired) electrons. The van der Waals surface area contributed by atoms with Gasteiger partial charge in [-0.05, 0) is 46.1 Å². The Morgan fingerprint density at radius 2 is 1.89 bits per heavy atom. The van der Waals surface area contributed by atoms with Gasteiger partial charge in [0.05, 0.1) is 0 Å². The van der Waals surface area contributed by atoms with Crippen molar-refractivity contribution in [1.82, 2.24) is 0 Å². The van der Waals surface area contributed by atoms with Crippen molar-refractivity contribution in [1.29, 1.82) is 0 Å². The van der Waals surface area contributed by atoms with Crippen LogP contribution in [0.1, 0.15) is 10.4 Å². The predicted octanol–water partition coefficient (Wildman–Crippen LogP) is 6.12. The van der Waals surface area contributed by atoms with Crippen LogP contribution in [-0.2, 0) is 11.8 Å². The molecule has 102 valence electrons. The average molecular weight is 399 g/mol. The van der Waals surface area contributed by atoms with Crippen LogP contribution in [0.5, 0.6) is 0 Å². The van der Waals surface area contributed by atoms with Gasteiger partial charge in [0.15, 0.2) is 0 Å². The van der Waals surface area contributed by atoms with Gasteiger partial charge < -0.3 is 0 Å². The summed E-state index contributed by atoms with van der Waals surface area (Å²) in [7, 11) is 0. The molecule has 0 amide bonds. The predicted molar refractivity (Wildman–Crippen MR) is 90.3 cm³/mol. The number of rotatable bonds is 5. The Morgan fingerprint density at radius 1 is 1.16 bits per heavy atom. The van der Waals surface area contributed by atoms with Crippen molar-refractivity contribution in [3.63, 3.8) is 0 Å². The van der Waals surface area contributed by atoms with Crippen LogP contribution >= 0.6 is 62.1 Å². The van der Waals surface area contributed by atoms with Gasteiger partial charge in [-0.2, -0.15) is 0 Å². The SMILES string of the molecule is ClCC(CCl)(Cc1cc(Br)cs1)c1cccc(Cl)c1. The number of alkyl halides is 2. The lowest BCUT2D eigenvalue weighted by Gasteiger charge is -2.30. The Morgan fingerprint density at radius 3 is 2.42 bits per heavy atom. The van der Waals surface area contributed by atoms with E-state index in [0.717, 1.165) is 16.5 Å². The largest absolute Gasteiger partial charge is 0.148 e. The molecule has 0 N–H and O–H groups in total. The standard InChI is InChI=1S/C14H12BrCl3S/c15-11-5-13(19-7-11)6-14(8-16,9-17)10-2-1-3-12(18)4-10/h1-5,7H,6,8-9H2. The summed E-state index contributed by atoms with van der Waals surface area (Å²) in [5, 5.41) is 2.78. The van der Waals surface area contributed by atoms with Crippen LogP contribution in [0.4, 0.5) is 0 Å². The minimum Gasteiger partial charge on any atom is -0.148 e. The second-order valence-electron chi connectivity index (χ2n) is 4.47. The summed E-state index contributed by atoms with van der Waals surface area (Å²) in [6.45, 7) is 0. The van der Waals surface area contributed by atoms with Crippen molar-refractivity contribution < 1.29 is 0 Å². The molecule has 0 atom stereocenters. The highest BCUT2D eigenvalue weighted by Gasteiger charge is 2.31. The lowest BCUT2D eigenvalue weighted by atomic mass is 9.80. The third-order valence-corrected chi connectivity index (χ3v) is 6.04. The van der Waals surface area contributed by atoms with E-state index in [0.29, 0.717) is 16.8 Å². The summed E-state index contributed by atoms with van der Waals surface area (Å²) >= 11 is 23.7. The van der Waals surface area contributed by atoms with Crippen molar-refractivity contribution in [3.05, 3.63) is 55.6 Å². The molecule has 2 rings (SSSR count). The van der Waals surface area contributed by atoms with Gasteiger partial charge in [0.2, 0.25) is 0 Å². The minimum absolute atomic E-state index is 0.279. The molecule has 19 heavy (non-hydrogen) atoms. The van der Waals surface area contributed by atoms with Crippen LogP contribution in [0.25, 0.3) is 0 Å². The van der Waals surface area contributed by atoms with Crippen molar-refractivity contribution in [2.45, 2.75) is 11.8 Å². The van der Waals surface area contributed by atoms with Crippen molar-refractivity contribution in [3.8, 4) is 0 Å².